The van der Waals surface area contributed by atoms with E-state index in [2.05, 4.69) is 5.32 Å². The minimum atomic E-state index is -3.43. The zero-order valence-corrected chi connectivity index (χ0v) is 14.6. The summed E-state index contributed by atoms with van der Waals surface area (Å²) in [5.41, 5.74) is 0.532. The van der Waals surface area contributed by atoms with E-state index in [1.807, 2.05) is 6.92 Å². The average molecular weight is 364 g/mol. The Kier molecular flexibility index (Phi) is 7.40. The number of benzene rings is 1. The molecule has 1 fully saturated rings. The van der Waals surface area contributed by atoms with Crippen LogP contribution in [0.1, 0.15) is 25.3 Å². The first-order valence-electron chi connectivity index (χ1n) is 7.37. The average Bonchev–Trinajstić information content (AvgIpc) is 2.98. The molecular formula is C14H22ClN3O4S. The van der Waals surface area contributed by atoms with Crippen LogP contribution >= 0.6 is 12.4 Å². The number of hydrogen-bond acceptors (Lipinski definition) is 5. The Labute approximate surface area is 142 Å². The number of nitrogens with zero attached hydrogens (tertiary/aromatic N) is 2. The molecule has 0 aliphatic carbocycles. The second-order valence-electron chi connectivity index (χ2n) is 5.44. The van der Waals surface area contributed by atoms with Crippen LogP contribution in [0.5, 0.6) is 0 Å². The van der Waals surface area contributed by atoms with Crippen molar-refractivity contribution in [2.75, 3.05) is 19.6 Å². The first-order valence-corrected chi connectivity index (χ1v) is 8.98. The highest BCUT2D eigenvalue weighted by Gasteiger charge is 2.31. The number of nitro groups is 1. The molecule has 1 aliphatic heterocycles. The first kappa shape index (κ1) is 19.8. The standard InChI is InChI=1S/C14H21N3O4S.ClH/c1-2-9-16(14-7-8-15-10-14)22(20,21)11-12-3-5-13(6-4-12)17(18)19;/h3-6,14-15H,2,7-11H2,1H3;1H. The molecular weight excluding hydrogens is 342 g/mol. The minimum absolute atomic E-state index is 0. The van der Waals surface area contributed by atoms with Crippen molar-refractivity contribution in [2.24, 2.45) is 0 Å². The van der Waals surface area contributed by atoms with E-state index in [0.29, 0.717) is 18.7 Å². The monoisotopic (exact) mass is 363 g/mol. The van der Waals surface area contributed by atoms with E-state index in [0.717, 1.165) is 19.4 Å². The lowest BCUT2D eigenvalue weighted by Crippen LogP contribution is -2.42. The topological polar surface area (TPSA) is 92.6 Å². The molecule has 1 heterocycles. The third-order valence-electron chi connectivity index (χ3n) is 3.74. The lowest BCUT2D eigenvalue weighted by Gasteiger charge is -2.27. The molecule has 0 amide bonds. The van der Waals surface area contributed by atoms with Crippen LogP contribution in [0.4, 0.5) is 5.69 Å². The molecule has 130 valence electrons. The van der Waals surface area contributed by atoms with Gasteiger partial charge in [-0.05, 0) is 24.9 Å². The van der Waals surface area contributed by atoms with Gasteiger partial charge in [-0.1, -0.05) is 19.1 Å². The SMILES string of the molecule is CCCN(C1CCNC1)S(=O)(=O)Cc1ccc([N+](=O)[O-])cc1.Cl. The molecule has 2 rings (SSSR count). The molecule has 1 unspecified atom stereocenters. The number of hydrogen-bond donors (Lipinski definition) is 1. The summed E-state index contributed by atoms with van der Waals surface area (Å²) in [6.45, 7) is 3.97. The van der Waals surface area contributed by atoms with E-state index in [4.69, 9.17) is 0 Å². The molecule has 1 saturated heterocycles. The van der Waals surface area contributed by atoms with Gasteiger partial charge in [0.2, 0.25) is 10.0 Å². The Morgan fingerprint density at radius 3 is 2.48 bits per heavy atom. The second kappa shape index (κ2) is 8.58. The predicted molar refractivity (Wildman–Crippen MR) is 91.2 cm³/mol. The van der Waals surface area contributed by atoms with E-state index in [9.17, 15) is 18.5 Å². The van der Waals surface area contributed by atoms with Crippen LogP contribution in [0, 0.1) is 10.1 Å². The normalized spacial score (nSPS) is 17.9. The van der Waals surface area contributed by atoms with Crippen LogP contribution in [-0.2, 0) is 15.8 Å². The van der Waals surface area contributed by atoms with Gasteiger partial charge in [-0.3, -0.25) is 10.1 Å². The summed E-state index contributed by atoms with van der Waals surface area (Å²) in [6.07, 6.45) is 1.58. The highest BCUT2D eigenvalue weighted by atomic mass is 35.5. The molecule has 23 heavy (non-hydrogen) atoms. The van der Waals surface area contributed by atoms with Crippen molar-refractivity contribution < 1.29 is 13.3 Å². The number of rotatable bonds is 7. The van der Waals surface area contributed by atoms with E-state index in [-0.39, 0.29) is 29.9 Å². The van der Waals surface area contributed by atoms with Crippen LogP contribution in [0.25, 0.3) is 0 Å². The first-order chi connectivity index (χ1) is 10.4. The lowest BCUT2D eigenvalue weighted by atomic mass is 10.2. The molecule has 0 spiro atoms. The Hall–Kier alpha value is -1.22. The van der Waals surface area contributed by atoms with Gasteiger partial charge in [-0.15, -0.1) is 12.4 Å². The van der Waals surface area contributed by atoms with Gasteiger partial charge in [0.1, 0.15) is 0 Å². The molecule has 1 N–H and O–H groups in total. The summed E-state index contributed by atoms with van der Waals surface area (Å²) in [5, 5.41) is 13.8. The summed E-state index contributed by atoms with van der Waals surface area (Å²) < 4.78 is 26.9. The highest BCUT2D eigenvalue weighted by Crippen LogP contribution is 2.20. The molecule has 0 bridgehead atoms. The molecule has 9 heteroatoms. The zero-order chi connectivity index (χ0) is 16.2. The van der Waals surface area contributed by atoms with Gasteiger partial charge in [0.15, 0.2) is 0 Å². The predicted octanol–water partition coefficient (Wildman–Crippen LogP) is 1.92. The second-order valence-corrected chi connectivity index (χ2v) is 7.36. The number of halogens is 1. The third kappa shape index (κ3) is 5.13. The maximum absolute atomic E-state index is 12.7. The summed E-state index contributed by atoms with van der Waals surface area (Å²) >= 11 is 0. The number of sulfonamides is 1. The summed E-state index contributed by atoms with van der Waals surface area (Å²) in [6, 6.07) is 5.69. The van der Waals surface area contributed by atoms with Gasteiger partial charge in [0.25, 0.3) is 5.69 Å². The van der Waals surface area contributed by atoms with Gasteiger partial charge in [0, 0.05) is 31.3 Å². The van der Waals surface area contributed by atoms with E-state index < -0.39 is 14.9 Å². The molecule has 7 nitrogen and oxygen atoms in total. The lowest BCUT2D eigenvalue weighted by molar-refractivity contribution is -0.384. The van der Waals surface area contributed by atoms with Gasteiger partial charge in [-0.25, -0.2) is 8.42 Å². The molecule has 1 aliphatic rings. The Balaban J connectivity index is 0.00000264. The third-order valence-corrected chi connectivity index (χ3v) is 5.63. The van der Waals surface area contributed by atoms with E-state index in [1.165, 1.54) is 24.3 Å². The molecule has 0 saturated carbocycles. The van der Waals surface area contributed by atoms with Gasteiger partial charge in [0.05, 0.1) is 10.7 Å². The van der Waals surface area contributed by atoms with Crippen molar-refractivity contribution in [1.82, 2.24) is 9.62 Å². The van der Waals surface area contributed by atoms with Gasteiger partial charge >= 0.3 is 0 Å². The van der Waals surface area contributed by atoms with Crippen molar-refractivity contribution in [3.63, 3.8) is 0 Å². The van der Waals surface area contributed by atoms with Crippen LogP contribution in [0.2, 0.25) is 0 Å². The van der Waals surface area contributed by atoms with E-state index >= 15 is 0 Å². The van der Waals surface area contributed by atoms with Crippen LogP contribution in [-0.4, -0.2) is 43.3 Å². The van der Waals surface area contributed by atoms with Crippen LogP contribution in [0.15, 0.2) is 24.3 Å². The summed E-state index contributed by atoms with van der Waals surface area (Å²) in [5.74, 6) is -0.124. The fourth-order valence-corrected chi connectivity index (χ4v) is 4.54. The largest absolute Gasteiger partial charge is 0.315 e. The van der Waals surface area contributed by atoms with E-state index in [1.54, 1.807) is 4.31 Å². The van der Waals surface area contributed by atoms with Crippen molar-refractivity contribution in [2.45, 2.75) is 31.6 Å². The molecule has 1 aromatic carbocycles. The molecule has 0 aromatic heterocycles. The van der Waals surface area contributed by atoms with Crippen molar-refractivity contribution >= 4 is 28.1 Å². The van der Waals surface area contributed by atoms with Crippen LogP contribution in [0.3, 0.4) is 0 Å². The maximum Gasteiger partial charge on any atom is 0.269 e. The van der Waals surface area contributed by atoms with Gasteiger partial charge in [-0.2, -0.15) is 4.31 Å². The zero-order valence-electron chi connectivity index (χ0n) is 13.0. The smallest absolute Gasteiger partial charge is 0.269 e. The van der Waals surface area contributed by atoms with Gasteiger partial charge < -0.3 is 5.32 Å². The Bertz CT molecular complexity index is 615. The van der Waals surface area contributed by atoms with Crippen molar-refractivity contribution in [3.05, 3.63) is 39.9 Å². The van der Waals surface area contributed by atoms with Crippen molar-refractivity contribution in [1.29, 1.82) is 0 Å². The summed E-state index contributed by atoms with van der Waals surface area (Å²) in [4.78, 5) is 10.1. The fraction of sp³-hybridized carbons (Fsp3) is 0.571. The number of non-ortho nitro benzene ring substituents is 1. The Morgan fingerprint density at radius 2 is 2.00 bits per heavy atom. The Morgan fingerprint density at radius 1 is 1.35 bits per heavy atom. The number of nitrogens with one attached hydrogen (secondary N) is 1. The van der Waals surface area contributed by atoms with Crippen molar-refractivity contribution in [3.8, 4) is 0 Å². The summed E-state index contributed by atoms with van der Waals surface area (Å²) in [7, 11) is -3.43. The van der Waals surface area contributed by atoms with Crippen LogP contribution < -0.4 is 5.32 Å². The fourth-order valence-electron chi connectivity index (χ4n) is 2.66. The minimum Gasteiger partial charge on any atom is -0.315 e. The molecule has 1 aromatic rings. The number of nitro benzene ring substituents is 1. The molecule has 1 atom stereocenters. The molecule has 0 radical (unpaired) electrons. The quantitative estimate of drug-likeness (QED) is 0.590. The maximum atomic E-state index is 12.7. The highest BCUT2D eigenvalue weighted by molar-refractivity contribution is 7.88.